The van der Waals surface area contributed by atoms with Crippen LogP contribution in [-0.2, 0) is 14.8 Å². The zero-order valence-electron chi connectivity index (χ0n) is 15.9. The van der Waals surface area contributed by atoms with Crippen LogP contribution >= 0.6 is 11.6 Å². The predicted octanol–water partition coefficient (Wildman–Crippen LogP) is 3.72. The van der Waals surface area contributed by atoms with E-state index in [2.05, 4.69) is 10.6 Å². The number of hydrogen-bond acceptors (Lipinski definition) is 4. The summed E-state index contributed by atoms with van der Waals surface area (Å²) in [5.74, 6) is -0.489. The highest BCUT2D eigenvalue weighted by Crippen LogP contribution is 2.39. The molecule has 1 aliphatic heterocycles. The Morgan fingerprint density at radius 2 is 1.71 bits per heavy atom. The van der Waals surface area contributed by atoms with Crippen LogP contribution in [0.3, 0.4) is 0 Å². The van der Waals surface area contributed by atoms with E-state index in [0.29, 0.717) is 22.0 Å². The van der Waals surface area contributed by atoms with E-state index in [4.69, 9.17) is 16.7 Å². The molecule has 0 saturated heterocycles. The second-order valence-corrected chi connectivity index (χ2v) is 8.83. The zero-order chi connectivity index (χ0) is 22.2. The predicted molar refractivity (Wildman–Crippen MR) is 119 cm³/mol. The molecular weight excluding hydrogens is 440 g/mol. The highest BCUT2D eigenvalue weighted by atomic mass is 35.5. The molecule has 1 atom stereocenters. The molecule has 1 unspecified atom stereocenters. The molecule has 0 radical (unpaired) electrons. The molecular formula is C21H17ClN4O4S. The molecule has 0 bridgehead atoms. The number of amides is 3. The van der Waals surface area contributed by atoms with Gasteiger partial charge in [-0.2, -0.15) is 0 Å². The third-order valence-corrected chi connectivity index (χ3v) is 5.91. The number of benzene rings is 3. The maximum Gasteiger partial charge on any atom is 0.327 e. The Morgan fingerprint density at radius 3 is 2.35 bits per heavy atom. The fourth-order valence-corrected chi connectivity index (χ4v) is 4.00. The summed E-state index contributed by atoms with van der Waals surface area (Å²) in [6, 6.07) is 17.7. The van der Waals surface area contributed by atoms with Gasteiger partial charge in [-0.25, -0.2) is 18.4 Å². The van der Waals surface area contributed by atoms with Crippen LogP contribution in [0.25, 0.3) is 0 Å². The van der Waals surface area contributed by atoms with Crippen LogP contribution in [0.4, 0.5) is 21.9 Å². The standard InChI is InChI=1S/C21H17ClN4O4S/c22-14-6-8-15(9-7-14)24-21(28)26-18-11-10-16(31(23,29)30)12-17(18)25-20(27)19(26)13-4-2-1-3-5-13/h1-12,19H,(H,24,28)(H,25,27)(H2,23,29,30). The van der Waals surface area contributed by atoms with Gasteiger partial charge in [0.1, 0.15) is 6.04 Å². The number of halogens is 1. The summed E-state index contributed by atoms with van der Waals surface area (Å²) in [5, 5.41) is 11.1. The maximum absolute atomic E-state index is 13.3. The summed E-state index contributed by atoms with van der Waals surface area (Å²) in [6.07, 6.45) is 0. The number of primary sulfonamides is 1. The number of urea groups is 1. The maximum atomic E-state index is 13.3. The average Bonchev–Trinajstić information content (AvgIpc) is 2.74. The van der Waals surface area contributed by atoms with Crippen LogP contribution in [0, 0.1) is 0 Å². The van der Waals surface area contributed by atoms with Gasteiger partial charge in [-0.3, -0.25) is 9.69 Å². The van der Waals surface area contributed by atoms with Gasteiger partial charge in [-0.05, 0) is 48.0 Å². The summed E-state index contributed by atoms with van der Waals surface area (Å²) < 4.78 is 23.5. The van der Waals surface area contributed by atoms with Crippen molar-refractivity contribution in [2.75, 3.05) is 15.5 Å². The largest absolute Gasteiger partial charge is 0.327 e. The van der Waals surface area contributed by atoms with E-state index in [1.54, 1.807) is 54.6 Å². The fraction of sp³-hybridized carbons (Fsp3) is 0.0476. The highest BCUT2D eigenvalue weighted by Gasteiger charge is 2.38. The van der Waals surface area contributed by atoms with Crippen molar-refractivity contribution in [1.29, 1.82) is 0 Å². The lowest BCUT2D eigenvalue weighted by molar-refractivity contribution is -0.117. The van der Waals surface area contributed by atoms with Gasteiger partial charge < -0.3 is 10.6 Å². The third kappa shape index (κ3) is 4.24. The van der Waals surface area contributed by atoms with Crippen molar-refractivity contribution in [3.8, 4) is 0 Å². The number of sulfonamides is 1. The third-order valence-electron chi connectivity index (χ3n) is 4.75. The first kappa shape index (κ1) is 20.9. The van der Waals surface area contributed by atoms with Crippen molar-refractivity contribution in [2.24, 2.45) is 5.14 Å². The minimum atomic E-state index is -3.99. The molecule has 0 aliphatic carbocycles. The molecule has 4 rings (SSSR count). The van der Waals surface area contributed by atoms with Crippen molar-refractivity contribution < 1.29 is 18.0 Å². The molecule has 3 amide bonds. The van der Waals surface area contributed by atoms with Crippen molar-refractivity contribution in [3.63, 3.8) is 0 Å². The van der Waals surface area contributed by atoms with Gasteiger partial charge >= 0.3 is 6.03 Å². The number of fused-ring (bicyclic) bond motifs is 1. The minimum absolute atomic E-state index is 0.162. The van der Waals surface area contributed by atoms with Crippen LogP contribution in [0.1, 0.15) is 11.6 Å². The second-order valence-electron chi connectivity index (χ2n) is 6.83. The van der Waals surface area contributed by atoms with Gasteiger partial charge in [0.25, 0.3) is 5.91 Å². The number of hydrogen-bond donors (Lipinski definition) is 3. The number of rotatable bonds is 3. The summed E-state index contributed by atoms with van der Waals surface area (Å²) >= 11 is 5.90. The van der Waals surface area contributed by atoms with Crippen molar-refractivity contribution in [1.82, 2.24) is 0 Å². The first-order valence-electron chi connectivity index (χ1n) is 9.12. The lowest BCUT2D eigenvalue weighted by Gasteiger charge is -2.36. The smallest absolute Gasteiger partial charge is 0.322 e. The van der Waals surface area contributed by atoms with Crippen LogP contribution in [-0.4, -0.2) is 20.4 Å². The number of carbonyl (C=O) groups excluding carboxylic acids is 2. The molecule has 1 heterocycles. The Morgan fingerprint density at radius 1 is 1.03 bits per heavy atom. The molecule has 0 aromatic heterocycles. The van der Waals surface area contributed by atoms with E-state index < -0.39 is 28.0 Å². The summed E-state index contributed by atoms with van der Waals surface area (Å²) in [6.45, 7) is 0. The van der Waals surface area contributed by atoms with E-state index in [1.165, 1.54) is 23.1 Å². The molecule has 4 N–H and O–H groups in total. The fourth-order valence-electron chi connectivity index (χ4n) is 3.34. The Balaban J connectivity index is 1.81. The van der Waals surface area contributed by atoms with Crippen molar-refractivity contribution in [2.45, 2.75) is 10.9 Å². The Bertz CT molecular complexity index is 1260. The number of anilines is 3. The summed E-state index contributed by atoms with van der Waals surface area (Å²) in [7, 11) is -3.99. The molecule has 158 valence electrons. The first-order valence-corrected chi connectivity index (χ1v) is 11.0. The van der Waals surface area contributed by atoms with Gasteiger partial charge in [-0.1, -0.05) is 41.9 Å². The van der Waals surface area contributed by atoms with Gasteiger partial charge in [-0.15, -0.1) is 0 Å². The quantitative estimate of drug-likeness (QED) is 0.556. The van der Waals surface area contributed by atoms with Crippen LogP contribution < -0.4 is 20.7 Å². The molecule has 8 nitrogen and oxygen atoms in total. The molecule has 10 heteroatoms. The topological polar surface area (TPSA) is 122 Å². The Hall–Kier alpha value is -3.40. The molecule has 1 aliphatic rings. The summed E-state index contributed by atoms with van der Waals surface area (Å²) in [5.41, 5.74) is 1.56. The zero-order valence-corrected chi connectivity index (χ0v) is 17.5. The van der Waals surface area contributed by atoms with Crippen molar-refractivity contribution in [3.05, 3.63) is 83.4 Å². The number of nitrogens with two attached hydrogens (primary N) is 1. The Labute approximate surface area is 183 Å². The molecule has 0 saturated carbocycles. The first-order chi connectivity index (χ1) is 14.7. The molecule has 3 aromatic carbocycles. The lowest BCUT2D eigenvalue weighted by Crippen LogP contribution is -2.47. The average molecular weight is 457 g/mol. The number of carbonyl (C=O) groups is 2. The molecule has 31 heavy (non-hydrogen) atoms. The summed E-state index contributed by atoms with van der Waals surface area (Å²) in [4.78, 5) is 27.4. The van der Waals surface area contributed by atoms with Crippen molar-refractivity contribution >= 4 is 50.6 Å². The lowest BCUT2D eigenvalue weighted by atomic mass is 10.0. The van der Waals surface area contributed by atoms with E-state index in [0.717, 1.165) is 0 Å². The molecule has 3 aromatic rings. The normalized spacial score (nSPS) is 15.7. The number of nitrogens with zero attached hydrogens (tertiary/aromatic N) is 1. The van der Waals surface area contributed by atoms with E-state index in [-0.39, 0.29) is 10.6 Å². The van der Waals surface area contributed by atoms with Crippen LogP contribution in [0.5, 0.6) is 0 Å². The SMILES string of the molecule is NS(=O)(=O)c1ccc2c(c1)NC(=O)C(c1ccccc1)N2C(=O)Nc1ccc(Cl)cc1. The minimum Gasteiger partial charge on any atom is -0.322 e. The monoisotopic (exact) mass is 456 g/mol. The van der Waals surface area contributed by atoms with Crippen LogP contribution in [0.2, 0.25) is 5.02 Å². The van der Waals surface area contributed by atoms with E-state index in [9.17, 15) is 18.0 Å². The number of nitrogens with one attached hydrogen (secondary N) is 2. The molecule has 0 spiro atoms. The molecule has 0 fully saturated rings. The second kappa shape index (κ2) is 8.03. The Kier molecular flexibility index (Phi) is 5.40. The van der Waals surface area contributed by atoms with Gasteiger partial charge in [0.05, 0.1) is 16.3 Å². The van der Waals surface area contributed by atoms with E-state index >= 15 is 0 Å². The van der Waals surface area contributed by atoms with Gasteiger partial charge in [0.2, 0.25) is 10.0 Å². The van der Waals surface area contributed by atoms with Gasteiger partial charge in [0.15, 0.2) is 0 Å². The van der Waals surface area contributed by atoms with Crippen LogP contribution in [0.15, 0.2) is 77.7 Å². The highest BCUT2D eigenvalue weighted by molar-refractivity contribution is 7.89. The van der Waals surface area contributed by atoms with E-state index in [1.807, 2.05) is 0 Å². The van der Waals surface area contributed by atoms with Gasteiger partial charge in [0, 0.05) is 10.7 Å².